The number of nitrogens with zero attached hydrogens (tertiary/aromatic N) is 2. The van der Waals surface area contributed by atoms with Crippen LogP contribution < -0.4 is 15.5 Å². The van der Waals surface area contributed by atoms with Gasteiger partial charge in [-0.05, 0) is 53.1 Å². The largest absolute Gasteiger partial charge is 0.624 e. The van der Waals surface area contributed by atoms with Gasteiger partial charge in [0, 0.05) is 48.1 Å². The van der Waals surface area contributed by atoms with Crippen LogP contribution in [0.25, 0.3) is 58.6 Å². The number of rotatable bonds is 5. The third-order valence-corrected chi connectivity index (χ3v) is 13.2. The van der Waals surface area contributed by atoms with Gasteiger partial charge in [0.15, 0.2) is 0 Å². The van der Waals surface area contributed by atoms with Crippen LogP contribution in [-0.2, 0) is 0 Å². The fraction of sp³-hybridized carbons (Fsp3) is 0.0980. The highest BCUT2D eigenvalue weighted by Crippen LogP contribution is 2.52. The van der Waals surface area contributed by atoms with Crippen molar-refractivity contribution in [1.29, 1.82) is 0 Å². The maximum atomic E-state index is 6.88. The summed E-state index contributed by atoms with van der Waals surface area (Å²) in [6, 6.07) is 56.9. The summed E-state index contributed by atoms with van der Waals surface area (Å²) in [6.45, 7) is 0. The summed E-state index contributed by atoms with van der Waals surface area (Å²) in [4.78, 5) is 2.56. The molecule has 0 amide bonds. The Morgan fingerprint density at radius 3 is 2.09 bits per heavy atom. The molecule has 274 valence electrons. The molecule has 9 aromatic rings. The molecule has 7 aromatic carbocycles. The first-order valence-electron chi connectivity index (χ1n) is 19.7. The zero-order chi connectivity index (χ0) is 37.5. The molecule has 4 heterocycles. The van der Waals surface area contributed by atoms with Crippen LogP contribution in [0.4, 0.5) is 11.4 Å². The van der Waals surface area contributed by atoms with Crippen LogP contribution in [-0.4, -0.2) is 6.04 Å². The van der Waals surface area contributed by atoms with Crippen molar-refractivity contribution in [3.63, 3.8) is 0 Å². The summed E-state index contributed by atoms with van der Waals surface area (Å²) < 4.78 is 9.46. The Labute approximate surface area is 334 Å². The lowest BCUT2D eigenvalue weighted by Gasteiger charge is -2.50. The molecule has 6 heteroatoms. The average Bonchev–Trinajstić information content (AvgIpc) is 3.96. The monoisotopic (exact) mass is 753 g/mol. The van der Waals surface area contributed by atoms with Crippen LogP contribution in [0.15, 0.2) is 186 Å². The minimum atomic E-state index is -0.186. The minimum absolute atomic E-state index is 0.178. The molecule has 1 saturated heterocycles. The first-order chi connectivity index (χ1) is 28.3. The quantitative estimate of drug-likeness (QED) is 0.184. The van der Waals surface area contributed by atoms with Gasteiger partial charge in [-0.25, -0.2) is 0 Å². The van der Waals surface area contributed by atoms with E-state index in [2.05, 4.69) is 198 Å². The van der Waals surface area contributed by atoms with Crippen LogP contribution in [0, 0.1) is 0 Å². The average molecular weight is 754 g/mol. The number of thiophene rings is 1. The van der Waals surface area contributed by atoms with E-state index in [1.54, 1.807) is 0 Å². The molecule has 2 aliphatic heterocycles. The molecule has 2 N–H and O–H groups in total. The van der Waals surface area contributed by atoms with Gasteiger partial charge in [0.05, 0.1) is 17.9 Å². The Kier molecular flexibility index (Phi) is 7.60. The van der Waals surface area contributed by atoms with E-state index in [0.29, 0.717) is 5.92 Å². The highest BCUT2D eigenvalue weighted by molar-refractivity contribution is 7.26. The van der Waals surface area contributed by atoms with E-state index in [1.165, 1.54) is 37.1 Å². The van der Waals surface area contributed by atoms with Crippen LogP contribution in [0.3, 0.4) is 0 Å². The zero-order valence-corrected chi connectivity index (χ0v) is 31.7. The molecule has 1 fully saturated rings. The number of fused-ring (bicyclic) bond motifs is 9. The lowest BCUT2D eigenvalue weighted by molar-refractivity contribution is 0.318. The van der Waals surface area contributed by atoms with Crippen LogP contribution in [0.1, 0.15) is 46.7 Å². The van der Waals surface area contributed by atoms with Crippen LogP contribution in [0.2, 0.25) is 0 Å². The predicted molar refractivity (Wildman–Crippen MR) is 236 cm³/mol. The summed E-state index contributed by atoms with van der Waals surface area (Å²) in [5.74, 6) is 0.333. The Morgan fingerprint density at radius 1 is 0.561 bits per heavy atom. The van der Waals surface area contributed by atoms with E-state index < -0.39 is 0 Å². The molecule has 2 aromatic heterocycles. The van der Waals surface area contributed by atoms with Crippen LogP contribution in [0.5, 0.6) is 0 Å². The van der Waals surface area contributed by atoms with Crippen molar-refractivity contribution in [1.82, 2.24) is 10.6 Å². The number of furan rings is 1. The zero-order valence-electron chi connectivity index (χ0n) is 30.9. The molecule has 5 nitrogen and oxygen atoms in total. The summed E-state index contributed by atoms with van der Waals surface area (Å²) in [6.07, 6.45) is 8.55. The second-order valence-electron chi connectivity index (χ2n) is 15.2. The van der Waals surface area contributed by atoms with Gasteiger partial charge in [-0.1, -0.05) is 169 Å². The molecule has 1 aliphatic carbocycles. The lowest BCUT2D eigenvalue weighted by Crippen LogP contribution is -2.44. The van der Waals surface area contributed by atoms with E-state index in [-0.39, 0.29) is 24.5 Å². The number of para-hydroxylation sites is 2. The molecule has 4 atom stereocenters. The Bertz CT molecular complexity index is 3010. The number of nitrogens with one attached hydrogen (secondary N) is 2. The molecule has 0 spiro atoms. The molecule has 0 radical (unpaired) electrons. The number of allylic oxidation sites excluding steroid dienone is 2. The second-order valence-corrected chi connectivity index (χ2v) is 16.3. The topological polar surface area (TPSA) is 54.5 Å². The molecular formula is C51H37N4OS-. The third-order valence-electron chi connectivity index (χ3n) is 12.0. The molecule has 0 saturated carbocycles. The molecule has 57 heavy (non-hydrogen) atoms. The van der Waals surface area contributed by atoms with E-state index in [4.69, 9.17) is 9.73 Å². The first kappa shape index (κ1) is 32.9. The number of hydrogen-bond donors (Lipinski definition) is 2. The summed E-state index contributed by atoms with van der Waals surface area (Å²) in [7, 11) is 0. The van der Waals surface area contributed by atoms with Crippen molar-refractivity contribution in [2.45, 2.75) is 30.5 Å². The van der Waals surface area contributed by atoms with Gasteiger partial charge in [-0.15, -0.1) is 11.3 Å². The SMILES string of the molecule is C1=CC2c3ccccc3N(c3cccc4sc5ccc(-c6cccc7c6oc6cccc(C8NC(c9ccccc9)[N-]C(c9ccccc9)N8)c67)cc5c34)C2C=C1. The van der Waals surface area contributed by atoms with Crippen LogP contribution >= 0.6 is 11.3 Å². The highest BCUT2D eigenvalue weighted by Gasteiger charge is 2.38. The van der Waals surface area contributed by atoms with Gasteiger partial charge in [0.2, 0.25) is 0 Å². The Balaban J connectivity index is 0.986. The highest BCUT2D eigenvalue weighted by atomic mass is 32.1. The summed E-state index contributed by atoms with van der Waals surface area (Å²) >= 11 is 1.87. The van der Waals surface area contributed by atoms with Crippen molar-refractivity contribution in [3.8, 4) is 11.1 Å². The van der Waals surface area contributed by atoms with Gasteiger partial charge >= 0.3 is 0 Å². The Morgan fingerprint density at radius 2 is 1.26 bits per heavy atom. The molecular weight excluding hydrogens is 717 g/mol. The van der Waals surface area contributed by atoms with E-state index in [0.717, 1.165) is 49.8 Å². The molecule has 3 aliphatic rings. The Hall–Kier alpha value is -6.28. The molecule has 4 unspecified atom stereocenters. The van der Waals surface area contributed by atoms with Crippen molar-refractivity contribution >= 4 is 64.8 Å². The lowest BCUT2D eigenvalue weighted by atomic mass is 9.91. The van der Waals surface area contributed by atoms with Gasteiger partial charge in [-0.2, -0.15) is 0 Å². The molecule has 0 bridgehead atoms. The standard InChI is InChI=1S/C51H37N4OS/c1-3-14-31(15-4-1)49-52-50(32-16-5-2-6-17-32)54-51(53-49)38-22-12-26-43-46(38)37-21-11-20-34(48(37)56-43)33-28-29-44-39(30-33)47-42(25-13-27-45(47)57-44)55-40-23-9-7-18-35(40)36-19-8-10-24-41(36)55/h1-30,35,40,49-51,53-54H/q-1. The van der Waals surface area contributed by atoms with Gasteiger partial charge in [0.1, 0.15) is 11.2 Å². The first-order valence-corrected chi connectivity index (χ1v) is 20.5. The fourth-order valence-corrected chi connectivity index (χ4v) is 10.6. The molecule has 12 rings (SSSR count). The van der Waals surface area contributed by atoms with Crippen molar-refractivity contribution < 1.29 is 4.42 Å². The van der Waals surface area contributed by atoms with Gasteiger partial charge < -0.3 is 25.3 Å². The predicted octanol–water partition coefficient (Wildman–Crippen LogP) is 13.3. The van der Waals surface area contributed by atoms with Crippen molar-refractivity contribution in [2.75, 3.05) is 4.90 Å². The normalized spacial score (nSPS) is 21.5. The summed E-state index contributed by atoms with van der Waals surface area (Å²) in [5.41, 5.74) is 11.3. The number of hydrogen-bond acceptors (Lipinski definition) is 5. The van der Waals surface area contributed by atoms with E-state index in [1.807, 2.05) is 11.3 Å². The number of anilines is 2. The van der Waals surface area contributed by atoms with Crippen molar-refractivity contribution in [2.24, 2.45) is 0 Å². The maximum absolute atomic E-state index is 6.88. The van der Waals surface area contributed by atoms with Gasteiger partial charge in [0.25, 0.3) is 0 Å². The fourth-order valence-electron chi connectivity index (χ4n) is 9.50. The van der Waals surface area contributed by atoms with E-state index in [9.17, 15) is 0 Å². The maximum Gasteiger partial charge on any atom is 0.143 e. The summed E-state index contributed by atoms with van der Waals surface area (Å²) in [5, 5.41) is 17.7. The second kappa shape index (κ2) is 13.2. The minimum Gasteiger partial charge on any atom is -0.624 e. The number of benzene rings is 7. The smallest absolute Gasteiger partial charge is 0.143 e. The third kappa shape index (κ3) is 5.26. The van der Waals surface area contributed by atoms with E-state index >= 15 is 0 Å². The van der Waals surface area contributed by atoms with Crippen molar-refractivity contribution in [3.05, 3.63) is 210 Å². The van der Waals surface area contributed by atoms with Gasteiger partial charge in [-0.3, -0.25) is 0 Å².